The SMILES string of the molecule is COC[C@@H](C(=O)OC1C/C=C/C=C/C(=O)O[C@H]([C@@H](C)[C@@H](O)[C@@H](C)CC[C@@H](OC(=O)CN(C)C)[C@H](C)[C@H](OC(C)=O)[C@H](C)/C=C/N(C)C=O)C/C=C/[C@H](OC)C[C@H](C)C/C=C(\C)[C@@H](OC)CC[C@@H](C)[C@@H](O)[C@@H]1C)N(C)C. The van der Waals surface area contributed by atoms with Crippen molar-refractivity contribution in [1.82, 2.24) is 14.7 Å². The van der Waals surface area contributed by atoms with Crippen molar-refractivity contribution in [3.8, 4) is 0 Å². The highest BCUT2D eigenvalue weighted by Gasteiger charge is 2.37. The number of aliphatic hydroxyl groups is 2. The molecule has 0 radical (unpaired) electrons. The second-order valence-corrected chi connectivity index (χ2v) is 21.6. The highest BCUT2D eigenvalue weighted by molar-refractivity contribution is 5.82. The van der Waals surface area contributed by atoms with Gasteiger partial charge in [-0.2, -0.15) is 0 Å². The summed E-state index contributed by atoms with van der Waals surface area (Å²) < 4.78 is 41.3. The molecule has 17 heteroatoms. The van der Waals surface area contributed by atoms with Crippen molar-refractivity contribution in [3.63, 3.8) is 0 Å². The molecular weight excluding hydrogens is 963 g/mol. The highest BCUT2D eigenvalue weighted by Crippen LogP contribution is 2.32. The number of hydrogen-bond acceptors (Lipinski definition) is 16. The summed E-state index contributed by atoms with van der Waals surface area (Å²) in [6.07, 6.45) is 15.5. The van der Waals surface area contributed by atoms with E-state index >= 15 is 0 Å². The molecule has 1 rings (SSSR count). The lowest BCUT2D eigenvalue weighted by atomic mass is 9.82. The average molecular weight is 1060 g/mol. The molecule has 430 valence electrons. The van der Waals surface area contributed by atoms with Gasteiger partial charge in [0.15, 0.2) is 0 Å². The number of likely N-dealkylation sites (N-methyl/N-ethyl adjacent to an activating group) is 2. The third kappa shape index (κ3) is 26.1. The molecule has 17 nitrogen and oxygen atoms in total. The number of rotatable bonds is 23. The second kappa shape index (κ2) is 36.7. The van der Waals surface area contributed by atoms with Crippen molar-refractivity contribution in [2.45, 2.75) is 169 Å². The first-order valence-electron chi connectivity index (χ1n) is 26.8. The van der Waals surface area contributed by atoms with E-state index in [0.29, 0.717) is 32.1 Å². The van der Waals surface area contributed by atoms with E-state index in [1.54, 1.807) is 89.8 Å². The van der Waals surface area contributed by atoms with Gasteiger partial charge in [-0.1, -0.05) is 91.0 Å². The van der Waals surface area contributed by atoms with Crippen LogP contribution in [0.5, 0.6) is 0 Å². The Morgan fingerprint density at radius 1 is 0.907 bits per heavy atom. The summed E-state index contributed by atoms with van der Waals surface area (Å²) in [7, 11) is 13.5. The van der Waals surface area contributed by atoms with Crippen LogP contribution in [-0.4, -0.2) is 180 Å². The van der Waals surface area contributed by atoms with Crippen molar-refractivity contribution in [2.75, 3.05) is 69.7 Å². The maximum Gasteiger partial charge on any atom is 0.331 e. The Kier molecular flexibility index (Phi) is 33.7. The predicted molar refractivity (Wildman–Crippen MR) is 292 cm³/mol. The summed E-state index contributed by atoms with van der Waals surface area (Å²) in [5.41, 5.74) is 1.10. The van der Waals surface area contributed by atoms with Crippen LogP contribution >= 0.6 is 0 Å². The molecule has 0 saturated heterocycles. The van der Waals surface area contributed by atoms with E-state index < -0.39 is 84.3 Å². The summed E-state index contributed by atoms with van der Waals surface area (Å²) in [5, 5.41) is 23.7. The van der Waals surface area contributed by atoms with Crippen LogP contribution in [0.4, 0.5) is 0 Å². The number of carbonyl (C=O) groups excluding carboxylic acids is 5. The molecule has 0 spiro atoms. The Morgan fingerprint density at radius 3 is 2.17 bits per heavy atom. The Bertz CT molecular complexity index is 1830. The largest absolute Gasteiger partial charge is 0.462 e. The standard InChI is InChI=1S/C58H99N3O14/c1-38-26-27-39(2)49(71-17)30-28-40(3)56(67)44(7)51(75-58(68)48(36-69-15)60(12)13)23-19-18-20-25-53(64)73-50(24-21-22-47(34-38)70-16)43(6)55(66)41(4)29-31-52(74-54(65)35-59(10)11)45(8)57(72-46(9)63)42(5)32-33-61(14)37-62/h18-22,25,27,32-33,37-38,40-45,47-52,55-57,66-67H,23-24,26,28-31,34-36H2,1-17H3/b19-18+,22-21+,25-20+,33-32+,39-27+/t38-,40-,41+,42-,43-,44-,45+,47+,48+,49+,50+,51?,52-,55+,56-,57-/m1/s1. The van der Waals surface area contributed by atoms with Crippen molar-refractivity contribution >= 4 is 30.3 Å². The molecule has 0 aromatic carbocycles. The molecule has 2 N–H and O–H groups in total. The van der Waals surface area contributed by atoms with Crippen LogP contribution in [0.1, 0.15) is 114 Å². The zero-order chi connectivity index (χ0) is 56.9. The average Bonchev–Trinajstić information content (AvgIpc) is 3.36. The number of allylic oxidation sites excluding steroid dienone is 3. The first kappa shape index (κ1) is 68.8. The number of methoxy groups -OCH3 is 3. The summed E-state index contributed by atoms with van der Waals surface area (Å²) in [4.78, 5) is 68.8. The number of cyclic esters (lactones) is 1. The van der Waals surface area contributed by atoms with E-state index in [2.05, 4.69) is 19.9 Å². The van der Waals surface area contributed by atoms with E-state index in [0.717, 1.165) is 18.4 Å². The van der Waals surface area contributed by atoms with Crippen LogP contribution in [0.2, 0.25) is 0 Å². The fourth-order valence-electron chi connectivity index (χ4n) is 9.39. The summed E-state index contributed by atoms with van der Waals surface area (Å²) in [6.45, 7) is 17.0. The van der Waals surface area contributed by atoms with Crippen molar-refractivity contribution in [1.29, 1.82) is 0 Å². The third-order valence-corrected chi connectivity index (χ3v) is 14.5. The first-order valence-corrected chi connectivity index (χ1v) is 26.8. The Balaban J connectivity index is 3.67. The van der Waals surface area contributed by atoms with Crippen LogP contribution in [0.25, 0.3) is 0 Å². The maximum absolute atomic E-state index is 13.6. The predicted octanol–water partition coefficient (Wildman–Crippen LogP) is 7.35. The molecule has 0 aromatic heterocycles. The molecule has 0 saturated carbocycles. The minimum Gasteiger partial charge on any atom is -0.462 e. The lowest BCUT2D eigenvalue weighted by Crippen LogP contribution is -2.44. The number of esters is 4. The number of hydrogen-bond donors (Lipinski definition) is 2. The Morgan fingerprint density at radius 2 is 1.59 bits per heavy atom. The van der Waals surface area contributed by atoms with Gasteiger partial charge >= 0.3 is 23.9 Å². The molecule has 0 aliphatic carbocycles. The van der Waals surface area contributed by atoms with Crippen molar-refractivity contribution in [2.24, 2.45) is 41.4 Å². The summed E-state index contributed by atoms with van der Waals surface area (Å²) in [5.74, 6) is -4.18. The molecule has 0 fully saturated rings. The fraction of sp³-hybridized carbons (Fsp3) is 0.741. The van der Waals surface area contributed by atoms with Crippen molar-refractivity contribution in [3.05, 3.63) is 60.4 Å². The van der Waals surface area contributed by atoms with Gasteiger partial charge in [-0.3, -0.25) is 29.0 Å². The monoisotopic (exact) mass is 1060 g/mol. The van der Waals surface area contributed by atoms with Gasteiger partial charge in [0.05, 0.1) is 37.6 Å². The lowest BCUT2D eigenvalue weighted by Gasteiger charge is -2.35. The van der Waals surface area contributed by atoms with Crippen LogP contribution in [0, 0.1) is 41.4 Å². The van der Waals surface area contributed by atoms with E-state index in [9.17, 15) is 34.2 Å². The lowest BCUT2D eigenvalue weighted by molar-refractivity contribution is -0.164. The molecule has 1 aliphatic heterocycles. The molecular formula is C58H99N3O14. The van der Waals surface area contributed by atoms with Gasteiger partial charge in [-0.05, 0) is 97.0 Å². The summed E-state index contributed by atoms with van der Waals surface area (Å²) in [6, 6.07) is -0.657. The minimum atomic E-state index is -0.967. The van der Waals surface area contributed by atoms with Crippen LogP contribution in [0.15, 0.2) is 60.4 Å². The maximum atomic E-state index is 13.6. The third-order valence-electron chi connectivity index (χ3n) is 14.5. The smallest absolute Gasteiger partial charge is 0.331 e. The van der Waals surface area contributed by atoms with Gasteiger partial charge in [-0.15, -0.1) is 0 Å². The highest BCUT2D eigenvalue weighted by atomic mass is 16.6. The van der Waals surface area contributed by atoms with E-state index in [1.165, 1.54) is 25.0 Å². The Hall–Kier alpha value is -4.23. The van der Waals surface area contributed by atoms with Gasteiger partial charge < -0.3 is 48.3 Å². The quantitative estimate of drug-likeness (QED) is 0.0445. The molecule has 1 aliphatic rings. The van der Waals surface area contributed by atoms with Gasteiger partial charge in [0, 0.05) is 84.1 Å². The normalized spacial score (nSPS) is 28.4. The van der Waals surface area contributed by atoms with Gasteiger partial charge in [0.1, 0.15) is 30.5 Å². The van der Waals surface area contributed by atoms with E-state index in [4.69, 9.17) is 33.2 Å². The second-order valence-electron chi connectivity index (χ2n) is 21.6. The minimum absolute atomic E-state index is 0.0286. The van der Waals surface area contributed by atoms with Crippen molar-refractivity contribution < 1.29 is 67.3 Å². The molecule has 16 atom stereocenters. The first-order chi connectivity index (χ1) is 35.3. The van der Waals surface area contributed by atoms with Gasteiger partial charge in [0.2, 0.25) is 6.41 Å². The molecule has 1 amide bonds. The van der Waals surface area contributed by atoms with Gasteiger partial charge in [0.25, 0.3) is 0 Å². The summed E-state index contributed by atoms with van der Waals surface area (Å²) >= 11 is 0. The number of ether oxygens (including phenoxy) is 7. The van der Waals surface area contributed by atoms with E-state index in [1.807, 2.05) is 53.7 Å². The van der Waals surface area contributed by atoms with Crippen LogP contribution in [-0.2, 0) is 57.1 Å². The fourth-order valence-corrected chi connectivity index (χ4v) is 9.39. The van der Waals surface area contributed by atoms with Gasteiger partial charge in [-0.25, -0.2) is 4.79 Å². The Labute approximate surface area is 451 Å². The number of carbonyl (C=O) groups is 5. The molecule has 0 aromatic rings. The molecule has 1 unspecified atom stereocenters. The zero-order valence-electron chi connectivity index (χ0n) is 48.7. The van der Waals surface area contributed by atoms with E-state index in [-0.39, 0.29) is 61.9 Å². The molecule has 75 heavy (non-hydrogen) atoms. The molecule has 0 bridgehead atoms. The zero-order valence-corrected chi connectivity index (χ0v) is 48.7. The number of aliphatic hydroxyl groups excluding tert-OH is 2. The number of nitrogens with zero attached hydrogens (tertiary/aromatic N) is 3. The topological polar surface area (TPSA) is 200 Å². The van der Waals surface area contributed by atoms with Crippen LogP contribution < -0.4 is 0 Å². The molecule has 1 heterocycles. The number of amides is 1. The van der Waals surface area contributed by atoms with Crippen LogP contribution in [0.3, 0.4) is 0 Å².